The Hall–Kier alpha value is -5.28. The number of alkyl carbamates (subject to hydrolysis) is 2. The van der Waals surface area contributed by atoms with Crippen molar-refractivity contribution in [1.82, 2.24) is 35.3 Å². The van der Waals surface area contributed by atoms with Crippen molar-refractivity contribution in [2.45, 2.75) is 108 Å². The van der Waals surface area contributed by atoms with Gasteiger partial charge >= 0.3 is 12.2 Å². The van der Waals surface area contributed by atoms with Gasteiger partial charge in [0.25, 0.3) is 0 Å². The molecule has 62 heavy (non-hydrogen) atoms. The molecule has 9 rings (SSSR count). The number of hydrogen-bond acceptors (Lipinski definition) is 10. The molecule has 2 aromatic carbocycles. The SMILES string of the molecule is CCC(NC(=O)OC)C(=O)N1CC2CCC1(c1ncc(-c3ccc(-c4ccc(C5C=NC(C67CCC(CN6C(=O)C(NC(=O)OC)C(C)C)C7)N5C)cc4)c4c(C)csc34)[nH]1)C2. The first kappa shape index (κ1) is 42.0. The number of fused-ring (bicyclic) bond motifs is 5. The number of piperidine rings is 2. The molecular formula is C47H58N8O6S. The number of benzene rings is 2. The van der Waals surface area contributed by atoms with Gasteiger partial charge in [-0.25, -0.2) is 14.6 Å². The van der Waals surface area contributed by atoms with Gasteiger partial charge in [0, 0.05) is 35.0 Å². The maximum Gasteiger partial charge on any atom is 0.407 e. The highest BCUT2D eigenvalue weighted by atomic mass is 32.1. The summed E-state index contributed by atoms with van der Waals surface area (Å²) in [5.41, 5.74) is 5.64. The zero-order valence-electron chi connectivity index (χ0n) is 36.7. The number of H-pyrrole nitrogens is 1. The number of nitrogens with zero attached hydrogens (tertiary/aromatic N) is 5. The van der Waals surface area contributed by atoms with E-state index < -0.39 is 35.3 Å². The van der Waals surface area contributed by atoms with Crippen LogP contribution in [0.5, 0.6) is 0 Å². The number of likely N-dealkylation sites (tertiary alicyclic amines) is 2. The Morgan fingerprint density at radius 2 is 1.61 bits per heavy atom. The molecule has 328 valence electrons. The number of methoxy groups -OCH3 is 2. The van der Waals surface area contributed by atoms with Crippen LogP contribution in [0.2, 0.25) is 0 Å². The van der Waals surface area contributed by atoms with E-state index in [1.165, 1.54) is 29.9 Å². The van der Waals surface area contributed by atoms with Crippen molar-refractivity contribution < 1.29 is 28.7 Å². The summed E-state index contributed by atoms with van der Waals surface area (Å²) in [4.78, 5) is 72.4. The van der Waals surface area contributed by atoms with Crippen LogP contribution in [0.3, 0.4) is 0 Å². The number of likely N-dealkylation sites (N-methyl/N-ethyl adjacent to an activating group) is 1. The molecule has 4 amide bonds. The number of ether oxygens (including phenoxy) is 2. The van der Waals surface area contributed by atoms with E-state index in [-0.39, 0.29) is 29.9 Å². The second-order valence-corrected chi connectivity index (χ2v) is 19.4. The largest absolute Gasteiger partial charge is 0.453 e. The molecule has 4 aromatic rings. The van der Waals surface area contributed by atoms with Crippen LogP contribution in [-0.2, 0) is 24.6 Å². The molecule has 3 aliphatic heterocycles. The molecule has 5 aliphatic rings. The van der Waals surface area contributed by atoms with Crippen LogP contribution in [0.4, 0.5) is 9.59 Å². The highest BCUT2D eigenvalue weighted by Gasteiger charge is 2.60. The Balaban J connectivity index is 0.946. The zero-order valence-corrected chi connectivity index (χ0v) is 37.5. The van der Waals surface area contributed by atoms with Gasteiger partial charge in [-0.15, -0.1) is 11.3 Å². The zero-order chi connectivity index (χ0) is 43.7. The molecule has 4 fully saturated rings. The van der Waals surface area contributed by atoms with Crippen LogP contribution in [0.15, 0.2) is 53.0 Å². The second kappa shape index (κ2) is 16.1. The van der Waals surface area contributed by atoms with E-state index in [1.807, 2.05) is 43.0 Å². The average Bonchev–Trinajstić information content (AvgIpc) is 4.16. The highest BCUT2D eigenvalue weighted by molar-refractivity contribution is 7.18. The third kappa shape index (κ3) is 6.77. The van der Waals surface area contributed by atoms with Crippen LogP contribution >= 0.6 is 11.3 Å². The number of carbonyl (C=O) groups is 4. The average molecular weight is 863 g/mol. The number of nitrogens with one attached hydrogen (secondary N) is 3. The molecule has 2 aliphatic carbocycles. The lowest BCUT2D eigenvalue weighted by molar-refractivity contribution is -0.142. The van der Waals surface area contributed by atoms with Gasteiger partial charge in [-0.05, 0) is 104 Å². The molecule has 8 atom stereocenters. The van der Waals surface area contributed by atoms with Crippen LogP contribution in [0.1, 0.15) is 88.7 Å². The molecule has 14 nitrogen and oxygen atoms in total. The van der Waals surface area contributed by atoms with Gasteiger partial charge in [0.1, 0.15) is 29.6 Å². The van der Waals surface area contributed by atoms with Crippen molar-refractivity contribution in [3.63, 3.8) is 0 Å². The van der Waals surface area contributed by atoms with Crippen LogP contribution < -0.4 is 10.6 Å². The number of rotatable bonds is 11. The first-order valence-corrected chi connectivity index (χ1v) is 22.9. The minimum atomic E-state index is -0.672. The summed E-state index contributed by atoms with van der Waals surface area (Å²) in [6, 6.07) is 11.8. The lowest BCUT2D eigenvalue weighted by Crippen LogP contribution is -2.63. The van der Waals surface area contributed by atoms with E-state index in [4.69, 9.17) is 19.5 Å². The monoisotopic (exact) mass is 862 g/mol. The molecule has 4 bridgehead atoms. The van der Waals surface area contributed by atoms with E-state index in [2.05, 4.69) is 76.3 Å². The number of aromatic nitrogens is 2. The Kier molecular flexibility index (Phi) is 10.9. The standard InChI is InChI=1S/C47H58N8O6S/c1-8-34(51-44(58)60-6)40(56)54-23-28-15-17-46(54,19-28)42-48-21-35(50-42)33-14-13-32(37-27(4)25-62-39(33)37)30-9-11-31(12-10-30)36-22-49-43(53(36)5)47-18-16-29(20-47)24-55(47)41(57)38(26(2)3)52-45(59)61-7/h9-14,21-22,25-26,28-29,34,36,38,43H,8,15-20,23-24H2,1-7H3,(H,48,50)(H,51,58)(H,52,59). The quantitative estimate of drug-likeness (QED) is 0.141. The Labute approximate surface area is 366 Å². The summed E-state index contributed by atoms with van der Waals surface area (Å²) in [5, 5.41) is 8.94. The third-order valence-corrected chi connectivity index (χ3v) is 15.8. The number of hydrogen-bond donors (Lipinski definition) is 3. The summed E-state index contributed by atoms with van der Waals surface area (Å²) in [6.45, 7) is 9.28. The molecule has 2 aromatic heterocycles. The number of aliphatic imine (C=N–C) groups is 1. The van der Waals surface area contributed by atoms with Gasteiger partial charge in [-0.3, -0.25) is 19.5 Å². The molecule has 2 saturated heterocycles. The summed E-state index contributed by atoms with van der Waals surface area (Å²) in [6.07, 6.45) is 8.56. The maximum absolute atomic E-state index is 14.2. The topological polar surface area (TPSA) is 162 Å². The second-order valence-electron chi connectivity index (χ2n) is 18.5. The van der Waals surface area contributed by atoms with Crippen molar-refractivity contribution in [2.24, 2.45) is 22.7 Å². The lowest BCUT2D eigenvalue weighted by atomic mass is 9.90. The maximum atomic E-state index is 14.2. The van der Waals surface area contributed by atoms with Gasteiger partial charge in [0.2, 0.25) is 11.8 Å². The number of aryl methyl sites for hydroxylation is 1. The smallest absolute Gasteiger partial charge is 0.407 e. The van der Waals surface area contributed by atoms with Crippen molar-refractivity contribution in [3.8, 4) is 22.4 Å². The minimum absolute atomic E-state index is 0.0494. The fourth-order valence-electron chi connectivity index (χ4n) is 11.6. The number of thiophene rings is 1. The van der Waals surface area contributed by atoms with E-state index in [9.17, 15) is 19.2 Å². The number of imidazole rings is 1. The van der Waals surface area contributed by atoms with Crippen molar-refractivity contribution in [1.29, 1.82) is 0 Å². The minimum Gasteiger partial charge on any atom is -0.453 e. The van der Waals surface area contributed by atoms with Crippen molar-refractivity contribution in [2.75, 3.05) is 34.4 Å². The molecular weight excluding hydrogens is 805 g/mol. The van der Waals surface area contributed by atoms with E-state index in [1.54, 1.807) is 11.3 Å². The van der Waals surface area contributed by atoms with Gasteiger partial charge < -0.3 is 34.9 Å². The first-order chi connectivity index (χ1) is 29.8. The van der Waals surface area contributed by atoms with E-state index in [0.717, 1.165) is 72.3 Å². The van der Waals surface area contributed by atoms with Gasteiger partial charge in [0.15, 0.2) is 0 Å². The van der Waals surface area contributed by atoms with Gasteiger partial charge in [0.05, 0.1) is 37.7 Å². The van der Waals surface area contributed by atoms with Crippen LogP contribution in [-0.4, -0.2) is 113 Å². The molecule has 5 heterocycles. The molecule has 0 spiro atoms. The molecule has 3 N–H and O–H groups in total. The van der Waals surface area contributed by atoms with E-state index >= 15 is 0 Å². The molecule has 8 unspecified atom stereocenters. The Morgan fingerprint density at radius 1 is 0.919 bits per heavy atom. The summed E-state index contributed by atoms with van der Waals surface area (Å²) in [5.74, 6) is 1.36. The molecule has 15 heteroatoms. The highest BCUT2D eigenvalue weighted by Crippen LogP contribution is 2.54. The first-order valence-electron chi connectivity index (χ1n) is 22.1. The molecule has 0 radical (unpaired) electrons. The van der Waals surface area contributed by atoms with Crippen molar-refractivity contribution in [3.05, 3.63) is 64.9 Å². The number of carbonyl (C=O) groups excluding carboxylic acids is 4. The fourth-order valence-corrected chi connectivity index (χ4v) is 12.7. The third-order valence-electron chi connectivity index (χ3n) is 14.7. The fraction of sp³-hybridized carbons (Fsp3) is 0.532. The van der Waals surface area contributed by atoms with Gasteiger partial charge in [-0.1, -0.05) is 57.2 Å². The predicted octanol–water partition coefficient (Wildman–Crippen LogP) is 7.38. The van der Waals surface area contributed by atoms with Crippen molar-refractivity contribution >= 4 is 51.6 Å². The number of aromatic amines is 1. The van der Waals surface area contributed by atoms with E-state index in [0.29, 0.717) is 31.3 Å². The molecule has 2 saturated carbocycles. The Morgan fingerprint density at radius 3 is 2.31 bits per heavy atom. The number of amides is 4. The summed E-state index contributed by atoms with van der Waals surface area (Å²) in [7, 11) is 4.74. The Bertz CT molecular complexity index is 2430. The predicted molar refractivity (Wildman–Crippen MR) is 239 cm³/mol. The lowest BCUT2D eigenvalue weighted by Gasteiger charge is -2.46. The summed E-state index contributed by atoms with van der Waals surface area (Å²) >= 11 is 1.73. The normalized spacial score (nSPS) is 27.4. The van der Waals surface area contributed by atoms with Crippen LogP contribution in [0.25, 0.3) is 32.5 Å². The van der Waals surface area contributed by atoms with Crippen LogP contribution in [0, 0.1) is 24.7 Å². The van der Waals surface area contributed by atoms with Gasteiger partial charge in [-0.2, -0.15) is 0 Å². The summed E-state index contributed by atoms with van der Waals surface area (Å²) < 4.78 is 10.9.